The van der Waals surface area contributed by atoms with Gasteiger partial charge in [-0.15, -0.1) is 0 Å². The van der Waals surface area contributed by atoms with E-state index in [1.165, 1.54) is 224 Å². The Balaban J connectivity index is 2.69. The molecule has 0 spiro atoms. The molecule has 2 N–H and O–H groups in total. The summed E-state index contributed by atoms with van der Waals surface area (Å²) in [6, 6.07) is 0. The summed E-state index contributed by atoms with van der Waals surface area (Å²) in [5, 5.41) is 22.4. The second kappa shape index (κ2) is 58.0. The van der Waals surface area contributed by atoms with Gasteiger partial charge in [-0.2, -0.15) is 0 Å². The lowest BCUT2D eigenvalue weighted by atomic mass is 10.0. The van der Waals surface area contributed by atoms with Crippen molar-refractivity contribution in [1.29, 1.82) is 0 Å². The Labute approximate surface area is 585 Å². The highest BCUT2D eigenvalue weighted by Gasteiger charge is 2.41. The molecular formula is C78H162N4O6S2Si2. The number of hydrogen-bond acceptors (Lipinski definition) is 12. The van der Waals surface area contributed by atoms with Crippen molar-refractivity contribution in [2.45, 2.75) is 400 Å². The van der Waals surface area contributed by atoms with E-state index < -0.39 is 16.6 Å². The number of aliphatic hydroxyl groups excluding tert-OH is 2. The first-order valence-corrected chi connectivity index (χ1v) is 48.4. The van der Waals surface area contributed by atoms with Gasteiger partial charge in [0.2, 0.25) is 0 Å². The molecule has 0 saturated carbocycles. The quantitative estimate of drug-likeness (QED) is 0.0263. The van der Waals surface area contributed by atoms with Crippen molar-refractivity contribution >= 4 is 44.2 Å². The first-order chi connectivity index (χ1) is 44.1. The van der Waals surface area contributed by atoms with Crippen LogP contribution in [0, 0.1) is 0 Å². The number of carbonyl (C=O) groups is 1. The van der Waals surface area contributed by atoms with Crippen molar-refractivity contribution in [3.8, 4) is 0 Å². The number of nitrogens with zero attached hydrogens (tertiary/aromatic N) is 4. The van der Waals surface area contributed by atoms with Crippen LogP contribution in [0.2, 0.25) is 36.3 Å². The van der Waals surface area contributed by atoms with Gasteiger partial charge in [-0.3, -0.25) is 19.5 Å². The van der Waals surface area contributed by atoms with Crippen molar-refractivity contribution in [3.05, 3.63) is 0 Å². The molecule has 1 aliphatic heterocycles. The van der Waals surface area contributed by atoms with Crippen molar-refractivity contribution in [2.75, 3.05) is 96.6 Å². The Kier molecular flexibility index (Phi) is 56.9. The van der Waals surface area contributed by atoms with E-state index in [2.05, 4.69) is 115 Å². The lowest BCUT2D eigenvalue weighted by molar-refractivity contribution is -0.144. The topological polar surface area (TPSA) is 98.2 Å². The van der Waals surface area contributed by atoms with Crippen LogP contribution in [0.4, 0.5) is 0 Å². The SMILES string of the molecule is CCCCCCCCCCC(O)CN(CCCCSSCCCCN1CCN(CCOC(=O)CCCN(CC(CCCCCCCCCC)O[Si](C)(C)C(C)(C)C)CC(CCCCCCCCCC)O[Si](C)(C)C(C)(C)C)CC1)CC(O)CCCCCCCCCC. The molecule has 1 aliphatic rings. The van der Waals surface area contributed by atoms with Gasteiger partial charge in [-0.1, -0.05) is 296 Å². The van der Waals surface area contributed by atoms with Crippen LogP contribution in [0.25, 0.3) is 0 Å². The molecule has 92 heavy (non-hydrogen) atoms. The van der Waals surface area contributed by atoms with Gasteiger partial charge < -0.3 is 28.7 Å². The Bertz CT molecular complexity index is 1550. The van der Waals surface area contributed by atoms with Crippen molar-refractivity contribution in [1.82, 2.24) is 19.6 Å². The summed E-state index contributed by atoms with van der Waals surface area (Å²) >= 11 is 0. The van der Waals surface area contributed by atoms with Crippen LogP contribution in [0.3, 0.4) is 0 Å². The average Bonchev–Trinajstić information content (AvgIpc) is 0.886. The molecule has 1 fully saturated rings. The van der Waals surface area contributed by atoms with Crippen LogP contribution < -0.4 is 0 Å². The molecule has 1 heterocycles. The fraction of sp³-hybridized carbons (Fsp3) is 0.987. The van der Waals surface area contributed by atoms with E-state index >= 15 is 0 Å². The Morgan fingerprint density at radius 3 is 1.10 bits per heavy atom. The van der Waals surface area contributed by atoms with Crippen LogP contribution in [0.1, 0.15) is 339 Å². The third-order valence-corrected chi connectivity index (χ3v) is 32.6. The maximum atomic E-state index is 13.5. The zero-order valence-electron chi connectivity index (χ0n) is 64.2. The molecule has 0 aromatic heterocycles. The molecule has 1 saturated heterocycles. The van der Waals surface area contributed by atoms with Crippen LogP contribution >= 0.6 is 21.6 Å². The number of piperazine rings is 1. The standard InChI is InChI=1S/C78H162N4O6S2Si2/c1-15-19-23-27-31-35-39-43-52-72(83)68-81(69-73(84)53-44-40-36-32-28-24-20-16-2)58-48-50-67-90-89-66-49-47-57-79-60-62-80(63-61-79)64-65-86-76(85)56-51-59-82(70-74(87-91(11,12)77(5,6)7)54-45-41-37-33-29-25-21-17-3)71-75(88-92(13,14)78(8,9)10)55-46-42-38-34-30-26-22-18-4/h72-75,83-84H,15-71H2,1-14H3. The third kappa shape index (κ3) is 50.6. The summed E-state index contributed by atoms with van der Waals surface area (Å²) in [6.45, 7) is 44.9. The molecular weight excluding hydrogens is 1210 g/mol. The minimum absolute atomic E-state index is 0.0570. The second-order valence-corrected chi connectivity index (χ2v) is 44.2. The van der Waals surface area contributed by atoms with E-state index in [0.29, 0.717) is 26.1 Å². The number of hydrogen-bond donors (Lipinski definition) is 2. The van der Waals surface area contributed by atoms with Gasteiger partial charge in [0.15, 0.2) is 16.6 Å². The molecule has 550 valence electrons. The third-order valence-electron chi connectivity index (χ3n) is 20.9. The molecule has 10 nitrogen and oxygen atoms in total. The largest absolute Gasteiger partial charge is 0.464 e. The van der Waals surface area contributed by atoms with Gasteiger partial charge in [-0.25, -0.2) is 0 Å². The molecule has 4 atom stereocenters. The highest BCUT2D eigenvalue weighted by molar-refractivity contribution is 8.76. The summed E-state index contributed by atoms with van der Waals surface area (Å²) in [5.74, 6) is 2.31. The fourth-order valence-corrected chi connectivity index (χ4v) is 17.7. The molecule has 0 radical (unpaired) electrons. The van der Waals surface area contributed by atoms with Gasteiger partial charge in [-0.05, 0) is 114 Å². The summed E-state index contributed by atoms with van der Waals surface area (Å²) < 4.78 is 20.7. The van der Waals surface area contributed by atoms with Gasteiger partial charge in [0.25, 0.3) is 0 Å². The second-order valence-electron chi connectivity index (χ2n) is 31.9. The monoisotopic (exact) mass is 1370 g/mol. The molecule has 14 heteroatoms. The first kappa shape index (κ1) is 90.3. The van der Waals surface area contributed by atoms with E-state index in [1.807, 2.05) is 21.6 Å². The summed E-state index contributed by atoms with van der Waals surface area (Å²) in [6.07, 6.45) is 51.5. The molecule has 1 rings (SSSR count). The number of ether oxygens (including phenoxy) is 1. The van der Waals surface area contributed by atoms with E-state index in [0.717, 1.165) is 116 Å². The molecule has 0 aromatic carbocycles. The summed E-state index contributed by atoms with van der Waals surface area (Å²) in [5.41, 5.74) is 0. The maximum absolute atomic E-state index is 13.5. The van der Waals surface area contributed by atoms with Crippen molar-refractivity contribution < 1.29 is 28.6 Å². The predicted molar refractivity (Wildman–Crippen MR) is 414 cm³/mol. The van der Waals surface area contributed by atoms with E-state index in [4.69, 9.17) is 13.6 Å². The molecule has 4 unspecified atom stereocenters. The zero-order chi connectivity index (χ0) is 68.0. The number of esters is 1. The minimum Gasteiger partial charge on any atom is -0.464 e. The van der Waals surface area contributed by atoms with Crippen LogP contribution in [-0.4, -0.2) is 173 Å². The van der Waals surface area contributed by atoms with Gasteiger partial charge in [0, 0.05) is 76.8 Å². The lowest BCUT2D eigenvalue weighted by Gasteiger charge is -2.42. The molecule has 0 bridgehead atoms. The zero-order valence-corrected chi connectivity index (χ0v) is 67.9. The van der Waals surface area contributed by atoms with Crippen molar-refractivity contribution in [2.24, 2.45) is 0 Å². The molecule has 0 amide bonds. The smallest absolute Gasteiger partial charge is 0.305 e. The Morgan fingerprint density at radius 2 is 0.728 bits per heavy atom. The highest BCUT2D eigenvalue weighted by atomic mass is 33.1. The predicted octanol–water partition coefficient (Wildman–Crippen LogP) is 22.1. The number of aliphatic hydroxyl groups is 2. The van der Waals surface area contributed by atoms with Crippen molar-refractivity contribution in [3.63, 3.8) is 0 Å². The summed E-state index contributed by atoms with van der Waals surface area (Å²) in [7, 11) is 0.00469. The molecule has 0 aromatic rings. The maximum Gasteiger partial charge on any atom is 0.305 e. The fourth-order valence-electron chi connectivity index (χ4n) is 12.6. The van der Waals surface area contributed by atoms with Gasteiger partial charge >= 0.3 is 5.97 Å². The van der Waals surface area contributed by atoms with E-state index in [-0.39, 0.29) is 40.5 Å². The summed E-state index contributed by atoms with van der Waals surface area (Å²) in [4.78, 5) is 23.6. The highest BCUT2D eigenvalue weighted by Crippen LogP contribution is 2.40. The Hall–Kier alpha value is 0.284. The number of carbonyl (C=O) groups excluding carboxylic acids is 1. The van der Waals surface area contributed by atoms with Crippen LogP contribution in [-0.2, 0) is 18.4 Å². The normalized spacial score (nSPS) is 15.5. The number of unbranched alkanes of at least 4 members (excludes halogenated alkanes) is 30. The van der Waals surface area contributed by atoms with Crippen LogP contribution in [0.5, 0.6) is 0 Å². The van der Waals surface area contributed by atoms with Gasteiger partial charge in [0.05, 0.1) is 24.4 Å². The molecule has 0 aliphatic carbocycles. The van der Waals surface area contributed by atoms with Gasteiger partial charge in [0.1, 0.15) is 6.61 Å². The minimum atomic E-state index is -2.03. The van der Waals surface area contributed by atoms with E-state index in [9.17, 15) is 15.0 Å². The Morgan fingerprint density at radius 1 is 0.413 bits per heavy atom. The average molecular weight is 1370 g/mol. The first-order valence-electron chi connectivity index (χ1n) is 40.1. The van der Waals surface area contributed by atoms with Crippen LogP contribution in [0.15, 0.2) is 0 Å². The number of rotatable bonds is 66. The lowest BCUT2D eigenvalue weighted by Crippen LogP contribution is -2.50. The van der Waals surface area contributed by atoms with E-state index in [1.54, 1.807) is 0 Å².